The largest absolute Gasteiger partial charge is 0.0842 e. The quantitative estimate of drug-likeness (QED) is 0.255. The molecule has 0 aromatic heterocycles. The molecule has 1 aliphatic carbocycles. The Morgan fingerprint density at radius 2 is 1.67 bits per heavy atom. The van der Waals surface area contributed by atoms with Gasteiger partial charge in [0.15, 0.2) is 0 Å². The van der Waals surface area contributed by atoms with Crippen LogP contribution in [0.2, 0.25) is 0 Å². The summed E-state index contributed by atoms with van der Waals surface area (Å²) in [5.74, 6) is 0. The first-order valence-electron chi connectivity index (χ1n) is 9.28. The van der Waals surface area contributed by atoms with E-state index in [0.717, 1.165) is 12.8 Å². The van der Waals surface area contributed by atoms with Crippen LogP contribution in [0.5, 0.6) is 0 Å². The van der Waals surface area contributed by atoms with Crippen LogP contribution >= 0.6 is 22.6 Å². The maximum absolute atomic E-state index is 2.52. The average Bonchev–Trinajstić information content (AvgIpc) is 2.51. The van der Waals surface area contributed by atoms with Crippen molar-refractivity contribution in [2.45, 2.75) is 71.2 Å². The predicted molar refractivity (Wildman–Crippen MR) is 117 cm³/mol. The SMILES string of the molecule is CC/C=C1/C(C)(C)C(c2ccc(C(C)(C)I)cc2)=CC[C@]1(C)CC. The second kappa shape index (κ2) is 6.97. The van der Waals surface area contributed by atoms with Crippen molar-refractivity contribution in [3.05, 3.63) is 53.1 Å². The third-order valence-corrected chi connectivity index (χ3v) is 6.45. The van der Waals surface area contributed by atoms with E-state index < -0.39 is 0 Å². The molecule has 1 aromatic rings. The van der Waals surface area contributed by atoms with Crippen molar-refractivity contribution >= 4 is 28.2 Å². The number of allylic oxidation sites excluding steroid dienone is 4. The van der Waals surface area contributed by atoms with Crippen molar-refractivity contribution in [2.24, 2.45) is 10.8 Å². The van der Waals surface area contributed by atoms with E-state index in [1.165, 1.54) is 23.1 Å². The summed E-state index contributed by atoms with van der Waals surface area (Å²) in [5, 5.41) is 0. The Balaban J connectivity index is 2.49. The topological polar surface area (TPSA) is 0 Å². The van der Waals surface area contributed by atoms with Crippen molar-refractivity contribution < 1.29 is 0 Å². The number of hydrogen-bond donors (Lipinski definition) is 0. The second-order valence-electron chi connectivity index (χ2n) is 8.44. The Labute approximate surface area is 163 Å². The summed E-state index contributed by atoms with van der Waals surface area (Å²) in [6.07, 6.45) is 8.45. The number of halogens is 1. The minimum absolute atomic E-state index is 0.0976. The molecule has 0 nitrogen and oxygen atoms in total. The maximum Gasteiger partial charge on any atom is 0.0414 e. The van der Waals surface area contributed by atoms with Crippen molar-refractivity contribution in [3.63, 3.8) is 0 Å². The van der Waals surface area contributed by atoms with Gasteiger partial charge in [-0.1, -0.05) is 99.2 Å². The highest BCUT2D eigenvalue weighted by atomic mass is 127. The van der Waals surface area contributed by atoms with Gasteiger partial charge in [-0.2, -0.15) is 0 Å². The molecule has 0 bridgehead atoms. The first kappa shape index (κ1) is 19.8. The molecule has 24 heavy (non-hydrogen) atoms. The van der Waals surface area contributed by atoms with Crippen LogP contribution in [-0.2, 0) is 3.42 Å². The molecule has 0 heterocycles. The highest BCUT2D eigenvalue weighted by Gasteiger charge is 2.42. The lowest BCUT2D eigenvalue weighted by Gasteiger charge is -2.46. The fraction of sp³-hybridized carbons (Fsp3) is 0.565. The molecule has 0 amide bonds. The zero-order chi connectivity index (χ0) is 18.2. The molecule has 1 aliphatic rings. The molecule has 1 aromatic carbocycles. The van der Waals surface area contributed by atoms with Crippen LogP contribution in [0.25, 0.3) is 5.57 Å². The highest BCUT2D eigenvalue weighted by molar-refractivity contribution is 14.1. The summed E-state index contributed by atoms with van der Waals surface area (Å²) in [5.41, 5.74) is 6.28. The summed E-state index contributed by atoms with van der Waals surface area (Å²) in [6, 6.07) is 9.24. The van der Waals surface area contributed by atoms with E-state index in [-0.39, 0.29) is 8.84 Å². The lowest BCUT2D eigenvalue weighted by Crippen LogP contribution is -2.33. The Kier molecular flexibility index (Phi) is 5.74. The summed E-state index contributed by atoms with van der Waals surface area (Å²) in [6.45, 7) is 16.4. The molecular formula is C23H33I. The van der Waals surface area contributed by atoms with Gasteiger partial charge in [0.05, 0.1) is 0 Å². The first-order chi connectivity index (χ1) is 11.1. The lowest BCUT2D eigenvalue weighted by molar-refractivity contribution is 0.310. The smallest absolute Gasteiger partial charge is 0.0414 e. The van der Waals surface area contributed by atoms with Crippen molar-refractivity contribution in [2.75, 3.05) is 0 Å². The van der Waals surface area contributed by atoms with Crippen molar-refractivity contribution in [1.29, 1.82) is 0 Å². The van der Waals surface area contributed by atoms with Gasteiger partial charge in [0.1, 0.15) is 0 Å². The molecular weight excluding hydrogens is 403 g/mol. The molecule has 132 valence electrons. The van der Waals surface area contributed by atoms with Gasteiger partial charge in [0, 0.05) is 8.84 Å². The Morgan fingerprint density at radius 1 is 1.08 bits per heavy atom. The van der Waals surface area contributed by atoms with E-state index >= 15 is 0 Å². The van der Waals surface area contributed by atoms with Crippen LogP contribution in [0.1, 0.15) is 78.9 Å². The Hall–Kier alpha value is -0.570. The van der Waals surface area contributed by atoms with Crippen molar-refractivity contribution in [1.82, 2.24) is 0 Å². The molecule has 0 radical (unpaired) electrons. The summed E-state index contributed by atoms with van der Waals surface area (Å²) in [7, 11) is 0. The first-order valence-corrected chi connectivity index (χ1v) is 10.4. The zero-order valence-corrected chi connectivity index (χ0v) is 18.6. The predicted octanol–water partition coefficient (Wildman–Crippen LogP) is 7.92. The average molecular weight is 436 g/mol. The molecule has 0 aliphatic heterocycles. The van der Waals surface area contributed by atoms with Crippen LogP contribution in [-0.4, -0.2) is 0 Å². The van der Waals surface area contributed by atoms with Gasteiger partial charge in [-0.15, -0.1) is 0 Å². The van der Waals surface area contributed by atoms with E-state index in [2.05, 4.69) is 107 Å². The van der Waals surface area contributed by atoms with Crippen LogP contribution < -0.4 is 0 Å². The van der Waals surface area contributed by atoms with E-state index in [1.54, 1.807) is 5.57 Å². The molecule has 0 saturated carbocycles. The molecule has 2 rings (SSSR count). The van der Waals surface area contributed by atoms with Gasteiger partial charge in [0.2, 0.25) is 0 Å². The number of benzene rings is 1. The fourth-order valence-corrected chi connectivity index (χ4v) is 4.52. The number of rotatable bonds is 4. The third kappa shape index (κ3) is 3.66. The Morgan fingerprint density at radius 3 is 2.12 bits per heavy atom. The van der Waals surface area contributed by atoms with Gasteiger partial charge in [-0.3, -0.25) is 0 Å². The fourth-order valence-electron chi connectivity index (χ4n) is 4.16. The van der Waals surface area contributed by atoms with Gasteiger partial charge >= 0.3 is 0 Å². The monoisotopic (exact) mass is 436 g/mol. The van der Waals surface area contributed by atoms with Crippen LogP contribution in [0.15, 0.2) is 42.0 Å². The molecule has 0 unspecified atom stereocenters. The summed E-state index contributed by atoms with van der Waals surface area (Å²) >= 11 is 2.52. The lowest BCUT2D eigenvalue weighted by atomic mass is 9.58. The van der Waals surface area contributed by atoms with Gasteiger partial charge < -0.3 is 0 Å². The van der Waals surface area contributed by atoms with Gasteiger partial charge in [-0.05, 0) is 55.2 Å². The van der Waals surface area contributed by atoms with Gasteiger partial charge in [0.25, 0.3) is 0 Å². The normalized spacial score (nSPS) is 25.7. The number of hydrogen-bond acceptors (Lipinski definition) is 0. The van der Waals surface area contributed by atoms with Crippen molar-refractivity contribution in [3.8, 4) is 0 Å². The van der Waals surface area contributed by atoms with Gasteiger partial charge in [-0.25, -0.2) is 0 Å². The van der Waals surface area contributed by atoms with E-state index in [4.69, 9.17) is 0 Å². The highest BCUT2D eigenvalue weighted by Crippen LogP contribution is 2.55. The molecule has 0 fully saturated rings. The molecule has 0 spiro atoms. The van der Waals surface area contributed by atoms with E-state index in [0.29, 0.717) is 5.41 Å². The summed E-state index contributed by atoms with van der Waals surface area (Å²) in [4.78, 5) is 0. The van der Waals surface area contributed by atoms with E-state index in [1.807, 2.05) is 0 Å². The molecule has 1 atom stereocenters. The number of alkyl halides is 1. The minimum Gasteiger partial charge on any atom is -0.0842 e. The van der Waals surface area contributed by atoms with E-state index in [9.17, 15) is 0 Å². The standard InChI is InChI=1S/C23H33I/c1-8-10-20-21(3,4)19(15-16-23(20,7)9-2)17-11-13-18(14-12-17)22(5,6)24/h10-15H,8-9,16H2,1-7H3/b20-10-/t23-/m0/s1. The third-order valence-electron chi connectivity index (χ3n) is 5.82. The summed E-state index contributed by atoms with van der Waals surface area (Å²) < 4.78 is 0.181. The van der Waals surface area contributed by atoms with Crippen LogP contribution in [0.3, 0.4) is 0 Å². The van der Waals surface area contributed by atoms with Crippen LogP contribution in [0.4, 0.5) is 0 Å². The Bertz CT molecular complexity index is 638. The van der Waals surface area contributed by atoms with Crippen LogP contribution in [0, 0.1) is 10.8 Å². The maximum atomic E-state index is 2.52. The zero-order valence-electron chi connectivity index (χ0n) is 16.5. The molecule has 0 N–H and O–H groups in total. The minimum atomic E-state index is 0.0976. The molecule has 1 heteroatoms. The second-order valence-corrected chi connectivity index (χ2v) is 11.1. The molecule has 0 saturated heterocycles.